The first-order valence-corrected chi connectivity index (χ1v) is 8.01. The summed E-state index contributed by atoms with van der Waals surface area (Å²) in [5, 5.41) is 3.33. The van der Waals surface area contributed by atoms with Crippen LogP contribution in [0.2, 0.25) is 10.0 Å². The molecule has 0 atom stereocenters. The van der Waals surface area contributed by atoms with Gasteiger partial charge < -0.3 is 5.32 Å². The Morgan fingerprint density at radius 3 is 2.16 bits per heavy atom. The normalized spacial score (nSPS) is 10.8. The van der Waals surface area contributed by atoms with Crippen LogP contribution in [0.15, 0.2) is 36.8 Å². The lowest BCUT2D eigenvalue weighted by atomic mass is 10.1. The molecule has 2 aromatic heterocycles. The molecule has 2 heterocycles. The van der Waals surface area contributed by atoms with Crippen LogP contribution in [0.25, 0.3) is 11.3 Å². The van der Waals surface area contributed by atoms with E-state index >= 15 is 0 Å². The average Bonchev–Trinajstić information content (AvgIpc) is 2.55. The maximum Gasteiger partial charge on any atom is 0.222 e. The number of halogens is 4. The summed E-state index contributed by atoms with van der Waals surface area (Å²) in [7, 11) is 0. The third kappa shape index (κ3) is 4.03. The van der Waals surface area contributed by atoms with Crippen molar-refractivity contribution in [1.29, 1.82) is 0 Å². The van der Waals surface area contributed by atoms with Crippen molar-refractivity contribution < 1.29 is 8.78 Å². The van der Waals surface area contributed by atoms with E-state index in [1.54, 1.807) is 24.7 Å². The van der Waals surface area contributed by atoms with Crippen molar-refractivity contribution in [2.75, 3.05) is 5.32 Å². The molecule has 25 heavy (non-hydrogen) atoms. The Bertz CT molecular complexity index is 894. The SMILES string of the molecule is Cc1cc(Cl)cnc1-c1cnc(NCc2c(F)cc(Cl)cc2F)nc1. The van der Waals surface area contributed by atoms with Crippen LogP contribution in [0, 0.1) is 18.6 Å². The molecule has 0 aliphatic rings. The van der Waals surface area contributed by atoms with Gasteiger partial charge in [0.25, 0.3) is 0 Å². The molecule has 0 saturated heterocycles. The number of nitrogens with zero attached hydrogens (tertiary/aromatic N) is 3. The summed E-state index contributed by atoms with van der Waals surface area (Å²) >= 11 is 11.5. The fourth-order valence-corrected chi connectivity index (χ4v) is 2.70. The highest BCUT2D eigenvalue weighted by Crippen LogP contribution is 2.23. The molecule has 3 aromatic rings. The maximum atomic E-state index is 13.8. The van der Waals surface area contributed by atoms with Gasteiger partial charge in [-0.1, -0.05) is 23.2 Å². The zero-order valence-electron chi connectivity index (χ0n) is 13.0. The van der Waals surface area contributed by atoms with Crippen molar-refractivity contribution in [2.45, 2.75) is 13.5 Å². The number of aryl methyl sites for hydroxylation is 1. The van der Waals surface area contributed by atoms with E-state index in [0.717, 1.165) is 17.7 Å². The van der Waals surface area contributed by atoms with Crippen LogP contribution in [0.4, 0.5) is 14.7 Å². The molecule has 0 unspecified atom stereocenters. The molecule has 0 spiro atoms. The summed E-state index contributed by atoms with van der Waals surface area (Å²) in [6.07, 6.45) is 4.70. The smallest absolute Gasteiger partial charge is 0.222 e. The molecular formula is C17H12Cl2F2N4. The van der Waals surface area contributed by atoms with Crippen molar-refractivity contribution in [2.24, 2.45) is 0 Å². The fraction of sp³-hybridized carbons (Fsp3) is 0.118. The van der Waals surface area contributed by atoms with Gasteiger partial charge in [0.15, 0.2) is 0 Å². The molecule has 8 heteroatoms. The number of rotatable bonds is 4. The highest BCUT2D eigenvalue weighted by molar-refractivity contribution is 6.30. The van der Waals surface area contributed by atoms with E-state index in [1.165, 1.54) is 0 Å². The lowest BCUT2D eigenvalue weighted by Crippen LogP contribution is -2.07. The van der Waals surface area contributed by atoms with Crippen LogP contribution >= 0.6 is 23.2 Å². The molecule has 0 aliphatic carbocycles. The van der Waals surface area contributed by atoms with Crippen LogP contribution in [-0.2, 0) is 6.54 Å². The minimum absolute atomic E-state index is 0.00480. The lowest BCUT2D eigenvalue weighted by Gasteiger charge is -2.09. The first kappa shape index (κ1) is 17.5. The van der Waals surface area contributed by atoms with E-state index in [0.29, 0.717) is 16.3 Å². The first-order valence-electron chi connectivity index (χ1n) is 7.26. The van der Waals surface area contributed by atoms with Crippen LogP contribution in [0.3, 0.4) is 0 Å². The average molecular weight is 381 g/mol. The Hall–Kier alpha value is -2.31. The Labute approximate surface area is 152 Å². The molecule has 0 aliphatic heterocycles. The molecule has 0 radical (unpaired) electrons. The van der Waals surface area contributed by atoms with E-state index in [1.807, 2.05) is 6.92 Å². The van der Waals surface area contributed by atoms with Crippen molar-refractivity contribution in [1.82, 2.24) is 15.0 Å². The van der Waals surface area contributed by atoms with E-state index in [4.69, 9.17) is 23.2 Å². The second-order valence-electron chi connectivity index (χ2n) is 5.32. The van der Waals surface area contributed by atoms with Gasteiger partial charge in [-0.25, -0.2) is 18.7 Å². The van der Waals surface area contributed by atoms with Crippen molar-refractivity contribution in [3.8, 4) is 11.3 Å². The second-order valence-corrected chi connectivity index (χ2v) is 6.19. The number of hydrogen-bond acceptors (Lipinski definition) is 4. The predicted molar refractivity (Wildman–Crippen MR) is 93.7 cm³/mol. The molecule has 1 N–H and O–H groups in total. The topological polar surface area (TPSA) is 50.7 Å². The van der Waals surface area contributed by atoms with E-state index < -0.39 is 11.6 Å². The molecule has 0 fully saturated rings. The Morgan fingerprint density at radius 1 is 0.920 bits per heavy atom. The first-order chi connectivity index (χ1) is 11.9. The van der Waals surface area contributed by atoms with E-state index in [2.05, 4.69) is 20.3 Å². The van der Waals surface area contributed by atoms with Crippen molar-refractivity contribution in [3.05, 3.63) is 69.6 Å². The lowest BCUT2D eigenvalue weighted by molar-refractivity contribution is 0.560. The second kappa shape index (κ2) is 7.29. The molecular weight excluding hydrogens is 369 g/mol. The van der Waals surface area contributed by atoms with Crippen LogP contribution < -0.4 is 5.32 Å². The molecule has 1 aromatic carbocycles. The fourth-order valence-electron chi connectivity index (χ4n) is 2.29. The summed E-state index contributed by atoms with van der Waals surface area (Å²) in [5.74, 6) is -1.21. The Balaban J connectivity index is 1.75. The summed E-state index contributed by atoms with van der Waals surface area (Å²) in [4.78, 5) is 12.5. The van der Waals surface area contributed by atoms with Gasteiger partial charge in [0, 0.05) is 41.3 Å². The quantitative estimate of drug-likeness (QED) is 0.688. The molecule has 3 rings (SSSR count). The summed E-state index contributed by atoms with van der Waals surface area (Å²) in [5.41, 5.74) is 2.18. The molecule has 0 bridgehead atoms. The minimum atomic E-state index is -0.727. The highest BCUT2D eigenvalue weighted by atomic mass is 35.5. The monoisotopic (exact) mass is 380 g/mol. The van der Waals surface area contributed by atoms with Crippen LogP contribution in [-0.4, -0.2) is 15.0 Å². The van der Waals surface area contributed by atoms with Crippen LogP contribution in [0.5, 0.6) is 0 Å². The van der Waals surface area contributed by atoms with Gasteiger partial charge >= 0.3 is 0 Å². The molecule has 0 amide bonds. The standard InChI is InChI=1S/C17H12Cl2F2N4/c1-9-2-12(19)7-22-16(9)10-5-23-17(24-6-10)25-8-13-14(20)3-11(18)4-15(13)21/h2-7H,8H2,1H3,(H,23,24,25). The largest absolute Gasteiger partial charge is 0.350 e. The number of benzene rings is 1. The van der Waals surface area contributed by atoms with Gasteiger partial charge in [0.2, 0.25) is 5.95 Å². The number of pyridine rings is 1. The van der Waals surface area contributed by atoms with Crippen molar-refractivity contribution >= 4 is 29.2 Å². The van der Waals surface area contributed by atoms with E-state index in [-0.39, 0.29) is 23.1 Å². The molecule has 0 saturated carbocycles. The van der Waals surface area contributed by atoms with Gasteiger partial charge in [-0.05, 0) is 30.7 Å². The van der Waals surface area contributed by atoms with E-state index in [9.17, 15) is 8.78 Å². The zero-order chi connectivity index (χ0) is 18.0. The molecule has 4 nitrogen and oxygen atoms in total. The van der Waals surface area contributed by atoms with Gasteiger partial charge in [-0.15, -0.1) is 0 Å². The third-order valence-electron chi connectivity index (χ3n) is 3.50. The van der Waals surface area contributed by atoms with Crippen molar-refractivity contribution in [3.63, 3.8) is 0 Å². The van der Waals surface area contributed by atoms with Gasteiger partial charge in [-0.2, -0.15) is 0 Å². The summed E-state index contributed by atoms with van der Waals surface area (Å²) in [6, 6.07) is 3.91. The molecule has 128 valence electrons. The maximum absolute atomic E-state index is 13.8. The van der Waals surface area contributed by atoms with Gasteiger partial charge in [0.05, 0.1) is 10.7 Å². The summed E-state index contributed by atoms with van der Waals surface area (Å²) < 4.78 is 27.5. The Kier molecular flexibility index (Phi) is 5.11. The third-order valence-corrected chi connectivity index (χ3v) is 3.92. The zero-order valence-corrected chi connectivity index (χ0v) is 14.5. The Morgan fingerprint density at radius 2 is 1.56 bits per heavy atom. The van der Waals surface area contributed by atoms with Gasteiger partial charge in [0.1, 0.15) is 11.6 Å². The summed E-state index contributed by atoms with van der Waals surface area (Å²) in [6.45, 7) is 1.78. The number of nitrogens with one attached hydrogen (secondary N) is 1. The van der Waals surface area contributed by atoms with Crippen LogP contribution in [0.1, 0.15) is 11.1 Å². The predicted octanol–water partition coefficient (Wildman–Crippen LogP) is 5.04. The van der Waals surface area contributed by atoms with Gasteiger partial charge in [-0.3, -0.25) is 4.98 Å². The minimum Gasteiger partial charge on any atom is -0.350 e. The highest BCUT2D eigenvalue weighted by Gasteiger charge is 2.11. The number of aromatic nitrogens is 3. The number of hydrogen-bond donors (Lipinski definition) is 1. The number of anilines is 1.